The fourth-order valence-electron chi connectivity index (χ4n) is 5.30. The number of carboxylic acid groups (broad SMARTS) is 1. The molecule has 4 atom stereocenters. The van der Waals surface area contributed by atoms with E-state index in [2.05, 4.69) is 16.0 Å². The molecule has 4 rings (SSSR count). The molecule has 3 aromatic rings. The lowest BCUT2D eigenvalue weighted by atomic mass is 9.96. The van der Waals surface area contributed by atoms with Crippen molar-refractivity contribution in [2.45, 2.75) is 43.4 Å². The van der Waals surface area contributed by atoms with E-state index in [0.717, 1.165) is 16.7 Å². The van der Waals surface area contributed by atoms with Gasteiger partial charge >= 0.3 is 12.0 Å². The van der Waals surface area contributed by atoms with Gasteiger partial charge in [0.25, 0.3) is 0 Å². The van der Waals surface area contributed by atoms with Crippen LogP contribution in [0, 0.1) is 0 Å². The van der Waals surface area contributed by atoms with Gasteiger partial charge in [0.1, 0.15) is 12.1 Å². The summed E-state index contributed by atoms with van der Waals surface area (Å²) in [4.78, 5) is 52.8. The van der Waals surface area contributed by atoms with Gasteiger partial charge in [-0.05, 0) is 29.5 Å². The van der Waals surface area contributed by atoms with Gasteiger partial charge in [-0.3, -0.25) is 19.7 Å². The van der Waals surface area contributed by atoms with Crippen molar-refractivity contribution in [1.29, 1.82) is 0 Å². The number of carbonyl (C=O) groups is 4. The summed E-state index contributed by atoms with van der Waals surface area (Å²) in [7, 11) is 0. The number of aliphatic carboxylic acids is 1. The molecule has 0 bridgehead atoms. The van der Waals surface area contributed by atoms with Gasteiger partial charge in [0.2, 0.25) is 11.8 Å². The van der Waals surface area contributed by atoms with Crippen molar-refractivity contribution in [3.63, 3.8) is 0 Å². The van der Waals surface area contributed by atoms with Gasteiger partial charge in [0.05, 0.1) is 13.2 Å². The van der Waals surface area contributed by atoms with E-state index in [4.69, 9.17) is 10.5 Å². The number of benzene rings is 3. The molecule has 0 aliphatic carbocycles. The standard InChI is InChI=1S/C35H41N5O6/c36-32(41)17-16-28(24-29(27-14-8-3-9-15-27)38-31(34(43)44)23-26-12-6-2-7-13-26)37-33(42)30(22-25-10-4-1-5-11-25)39-35(45)40-18-20-46-21-19-40/h1-17,28-31,38H,18-24H2,(H2,36,41)(H,37,42)(H,39,45)(H,43,44)/b17-16+/t28?,29-,30-,31-/m0/s1. The van der Waals surface area contributed by atoms with Gasteiger partial charge in [-0.25, -0.2) is 4.79 Å². The van der Waals surface area contributed by atoms with E-state index in [9.17, 15) is 24.3 Å². The highest BCUT2D eigenvalue weighted by Gasteiger charge is 2.29. The highest BCUT2D eigenvalue weighted by Crippen LogP contribution is 2.21. The summed E-state index contributed by atoms with van der Waals surface area (Å²) < 4.78 is 5.36. The molecule has 3 aromatic carbocycles. The van der Waals surface area contributed by atoms with Gasteiger partial charge in [-0.1, -0.05) is 97.1 Å². The van der Waals surface area contributed by atoms with Crippen molar-refractivity contribution in [3.8, 4) is 0 Å². The van der Waals surface area contributed by atoms with Crippen LogP contribution < -0.4 is 21.7 Å². The molecule has 1 fully saturated rings. The van der Waals surface area contributed by atoms with Gasteiger partial charge < -0.3 is 31.1 Å². The number of carboxylic acids is 1. The van der Waals surface area contributed by atoms with Crippen LogP contribution in [0.4, 0.5) is 4.79 Å². The number of rotatable bonds is 15. The van der Waals surface area contributed by atoms with Gasteiger partial charge in [0, 0.05) is 37.7 Å². The Bertz CT molecular complexity index is 1450. The minimum atomic E-state index is -1.02. The molecule has 0 spiro atoms. The molecule has 0 aromatic heterocycles. The summed E-state index contributed by atoms with van der Waals surface area (Å²) in [5, 5.41) is 19.2. The predicted octanol–water partition coefficient (Wildman–Crippen LogP) is 2.58. The fourth-order valence-corrected chi connectivity index (χ4v) is 5.30. The topological polar surface area (TPSA) is 163 Å². The van der Waals surface area contributed by atoms with Crippen LogP contribution in [0.5, 0.6) is 0 Å². The first-order valence-electron chi connectivity index (χ1n) is 15.3. The van der Waals surface area contributed by atoms with Crippen LogP contribution >= 0.6 is 0 Å². The normalized spacial score (nSPS) is 15.8. The van der Waals surface area contributed by atoms with Crippen LogP contribution in [-0.2, 0) is 32.0 Å². The van der Waals surface area contributed by atoms with Gasteiger partial charge in [0.15, 0.2) is 0 Å². The number of carbonyl (C=O) groups excluding carboxylic acids is 3. The van der Waals surface area contributed by atoms with Crippen LogP contribution in [0.15, 0.2) is 103 Å². The number of ether oxygens (including phenoxy) is 1. The molecule has 1 unspecified atom stereocenters. The smallest absolute Gasteiger partial charge is 0.321 e. The quantitative estimate of drug-likeness (QED) is 0.162. The second-order valence-electron chi connectivity index (χ2n) is 11.1. The molecule has 1 aliphatic heterocycles. The molecule has 46 heavy (non-hydrogen) atoms. The van der Waals surface area contributed by atoms with Crippen LogP contribution in [0.25, 0.3) is 0 Å². The summed E-state index contributed by atoms with van der Waals surface area (Å²) in [5.74, 6) is -2.18. The largest absolute Gasteiger partial charge is 0.480 e. The number of urea groups is 1. The molecule has 6 N–H and O–H groups in total. The van der Waals surface area contributed by atoms with Gasteiger partial charge in [-0.2, -0.15) is 0 Å². The fraction of sp³-hybridized carbons (Fsp3) is 0.314. The zero-order valence-corrected chi connectivity index (χ0v) is 25.6. The zero-order chi connectivity index (χ0) is 32.7. The van der Waals surface area contributed by atoms with Crippen molar-refractivity contribution in [1.82, 2.24) is 20.9 Å². The molecule has 0 saturated carbocycles. The van der Waals surface area contributed by atoms with Crippen LogP contribution in [-0.4, -0.2) is 78.3 Å². The summed E-state index contributed by atoms with van der Waals surface area (Å²) in [6, 6.07) is 24.4. The summed E-state index contributed by atoms with van der Waals surface area (Å²) in [6.45, 7) is 1.65. The Hall–Kier alpha value is -5.00. The van der Waals surface area contributed by atoms with Crippen LogP contribution in [0.3, 0.4) is 0 Å². The van der Waals surface area contributed by atoms with Crippen molar-refractivity contribution in [2.24, 2.45) is 5.73 Å². The number of primary amides is 1. The lowest BCUT2D eigenvalue weighted by Gasteiger charge is -2.30. The SMILES string of the molecule is NC(=O)/C=C/C(C[C@H](N[C@@H](Cc1ccccc1)C(=O)O)c1ccccc1)NC(=O)[C@H](Cc1ccccc1)NC(=O)N1CCOCC1. The molecule has 242 valence electrons. The van der Waals surface area contributed by atoms with Crippen molar-refractivity contribution in [3.05, 3.63) is 120 Å². The predicted molar refractivity (Wildman–Crippen MR) is 174 cm³/mol. The highest BCUT2D eigenvalue weighted by molar-refractivity contribution is 5.88. The number of nitrogens with one attached hydrogen (secondary N) is 3. The first kappa shape index (κ1) is 33.9. The molecule has 11 heteroatoms. The molecule has 11 nitrogen and oxygen atoms in total. The highest BCUT2D eigenvalue weighted by atomic mass is 16.5. The Morgan fingerprint density at radius 1 is 0.804 bits per heavy atom. The summed E-state index contributed by atoms with van der Waals surface area (Å²) in [6.07, 6.45) is 3.32. The van der Waals surface area contributed by atoms with Crippen LogP contribution in [0.1, 0.15) is 29.2 Å². The Labute approximate surface area is 268 Å². The second kappa shape index (κ2) is 17.5. The van der Waals surface area contributed by atoms with E-state index in [0.29, 0.717) is 26.3 Å². The Morgan fingerprint density at radius 2 is 1.35 bits per heavy atom. The van der Waals surface area contributed by atoms with Crippen molar-refractivity contribution in [2.75, 3.05) is 26.3 Å². The zero-order valence-electron chi connectivity index (χ0n) is 25.6. The average Bonchev–Trinajstić information content (AvgIpc) is 3.07. The first-order chi connectivity index (χ1) is 22.3. The van der Waals surface area contributed by atoms with Crippen LogP contribution in [0.2, 0.25) is 0 Å². The molecule has 1 aliphatic rings. The van der Waals surface area contributed by atoms with Crippen molar-refractivity contribution < 1.29 is 29.0 Å². The van der Waals surface area contributed by atoms with E-state index in [1.165, 1.54) is 12.2 Å². The summed E-state index contributed by atoms with van der Waals surface area (Å²) in [5.41, 5.74) is 7.93. The molecule has 4 amide bonds. The minimum Gasteiger partial charge on any atom is -0.480 e. The second-order valence-corrected chi connectivity index (χ2v) is 11.1. The first-order valence-corrected chi connectivity index (χ1v) is 15.3. The molecular formula is C35H41N5O6. The maximum absolute atomic E-state index is 13.9. The lowest BCUT2D eigenvalue weighted by molar-refractivity contribution is -0.139. The van der Waals surface area contributed by atoms with Gasteiger partial charge in [-0.15, -0.1) is 0 Å². The van der Waals surface area contributed by atoms with E-state index in [1.807, 2.05) is 91.0 Å². The third kappa shape index (κ3) is 10.9. The Morgan fingerprint density at radius 3 is 1.89 bits per heavy atom. The molecule has 1 heterocycles. The summed E-state index contributed by atoms with van der Waals surface area (Å²) >= 11 is 0. The maximum atomic E-state index is 13.9. The Balaban J connectivity index is 1.58. The number of nitrogens with zero attached hydrogens (tertiary/aromatic N) is 1. The lowest BCUT2D eigenvalue weighted by Crippen LogP contribution is -2.55. The van der Waals surface area contributed by atoms with E-state index >= 15 is 0 Å². The maximum Gasteiger partial charge on any atom is 0.321 e. The number of hydrogen-bond acceptors (Lipinski definition) is 6. The molecule has 1 saturated heterocycles. The Kier molecular flexibility index (Phi) is 12.9. The van der Waals surface area contributed by atoms with Crippen molar-refractivity contribution >= 4 is 23.8 Å². The number of amides is 4. The van der Waals surface area contributed by atoms with E-state index in [-0.39, 0.29) is 25.3 Å². The average molecular weight is 628 g/mol. The third-order valence-electron chi connectivity index (χ3n) is 7.69. The monoisotopic (exact) mass is 627 g/mol. The molecular weight excluding hydrogens is 586 g/mol. The molecule has 0 radical (unpaired) electrons. The van der Waals surface area contributed by atoms with E-state index in [1.54, 1.807) is 4.90 Å². The van der Waals surface area contributed by atoms with E-state index < -0.39 is 42.0 Å². The third-order valence-corrected chi connectivity index (χ3v) is 7.69. The minimum absolute atomic E-state index is 0.188. The number of nitrogens with two attached hydrogens (primary N) is 1. The number of morpholine rings is 1. The number of hydrogen-bond donors (Lipinski definition) is 5.